The Labute approximate surface area is 158 Å². The summed E-state index contributed by atoms with van der Waals surface area (Å²) in [5.74, 6) is -3.64. The molecule has 0 bridgehead atoms. The van der Waals surface area contributed by atoms with Crippen molar-refractivity contribution >= 4 is 35.5 Å². The first-order valence-electron chi connectivity index (χ1n) is 8.05. The van der Waals surface area contributed by atoms with Crippen LogP contribution in [0.2, 0.25) is 0 Å². The number of rotatable bonds is 9. The molecule has 0 radical (unpaired) electrons. The third kappa shape index (κ3) is 3.78. The van der Waals surface area contributed by atoms with Gasteiger partial charge in [-0.05, 0) is 18.4 Å². The number of β-lactam (4-membered cyclic amide) rings is 1. The molecule has 2 rings (SSSR count). The molecule has 0 aromatic carbocycles. The number of fused-ring (bicyclic) bond motifs is 1. The number of carboxylic acids is 2. The van der Waals surface area contributed by atoms with Crippen LogP contribution < -0.4 is 11.1 Å². The van der Waals surface area contributed by atoms with Gasteiger partial charge < -0.3 is 31.1 Å². The van der Waals surface area contributed by atoms with E-state index < -0.39 is 47.5 Å². The molecule has 12 heteroatoms. The summed E-state index contributed by atoms with van der Waals surface area (Å²) in [7, 11) is 1.22. The van der Waals surface area contributed by atoms with Gasteiger partial charge in [-0.3, -0.25) is 19.3 Å². The molecule has 6 N–H and O–H groups in total. The number of hydrogen-bond donors (Lipinski definition) is 5. The molecule has 0 spiro atoms. The predicted octanol–water partition coefficient (Wildman–Crippen LogP) is -1.73. The van der Waals surface area contributed by atoms with Crippen molar-refractivity contribution in [2.75, 3.05) is 19.5 Å². The Balaban J connectivity index is 2.08. The van der Waals surface area contributed by atoms with Crippen LogP contribution in [0.25, 0.3) is 0 Å². The summed E-state index contributed by atoms with van der Waals surface area (Å²) in [5, 5.41) is 29.1. The van der Waals surface area contributed by atoms with Crippen LogP contribution in [-0.4, -0.2) is 80.6 Å². The van der Waals surface area contributed by atoms with Crippen LogP contribution in [0.5, 0.6) is 0 Å². The second-order valence-electron chi connectivity index (χ2n) is 6.08. The molecule has 11 nitrogen and oxygen atoms in total. The van der Waals surface area contributed by atoms with Crippen molar-refractivity contribution in [2.45, 2.75) is 36.4 Å². The smallest absolute Gasteiger partial charge is 0.352 e. The lowest BCUT2D eigenvalue weighted by molar-refractivity contribution is -0.192. The third-order valence-electron chi connectivity index (χ3n) is 4.39. The summed E-state index contributed by atoms with van der Waals surface area (Å²) in [5.41, 5.74) is 3.56. The first-order chi connectivity index (χ1) is 12.7. The standard InChI is InChI=1S/C15H21N3O8S/c1-26-15(17-9(20)4-2-3-8(16)11(21)22)13(25)18-10(12(23)24)7(5-19)6-27-14(15)18/h8,14,19H,2-6,16H2,1H3,(H,17,20)(H,21,22)(H,23,24). The molecule has 0 aromatic rings. The Hall–Kier alpha value is -2.15. The first-order valence-corrected chi connectivity index (χ1v) is 9.10. The van der Waals surface area contributed by atoms with E-state index in [2.05, 4.69) is 5.32 Å². The van der Waals surface area contributed by atoms with Gasteiger partial charge in [-0.15, -0.1) is 11.8 Å². The quantitative estimate of drug-likeness (QED) is 0.219. The van der Waals surface area contributed by atoms with Gasteiger partial charge in [-0.1, -0.05) is 0 Å². The third-order valence-corrected chi connectivity index (χ3v) is 5.76. The van der Waals surface area contributed by atoms with Crippen molar-refractivity contribution < 1.29 is 39.2 Å². The van der Waals surface area contributed by atoms with Crippen molar-refractivity contribution in [3.8, 4) is 0 Å². The summed E-state index contributed by atoms with van der Waals surface area (Å²) in [4.78, 5) is 48.0. The van der Waals surface area contributed by atoms with E-state index in [1.807, 2.05) is 0 Å². The molecule has 0 aromatic heterocycles. The number of carbonyl (C=O) groups excluding carboxylic acids is 2. The van der Waals surface area contributed by atoms with Crippen LogP contribution in [-0.2, 0) is 23.9 Å². The van der Waals surface area contributed by atoms with E-state index in [9.17, 15) is 29.4 Å². The van der Waals surface area contributed by atoms with Crippen molar-refractivity contribution in [2.24, 2.45) is 5.73 Å². The minimum Gasteiger partial charge on any atom is -0.480 e. The predicted molar refractivity (Wildman–Crippen MR) is 92.2 cm³/mol. The number of carbonyl (C=O) groups is 4. The number of aliphatic carboxylic acids is 2. The number of aliphatic hydroxyl groups is 1. The van der Waals surface area contributed by atoms with Gasteiger partial charge in [0.05, 0.1) is 6.61 Å². The largest absolute Gasteiger partial charge is 0.480 e. The zero-order chi connectivity index (χ0) is 20.4. The van der Waals surface area contributed by atoms with Gasteiger partial charge in [-0.25, -0.2) is 4.79 Å². The van der Waals surface area contributed by atoms with Crippen LogP contribution in [0.1, 0.15) is 19.3 Å². The molecule has 2 heterocycles. The number of nitrogens with one attached hydrogen (secondary N) is 1. The first kappa shape index (κ1) is 21.2. The molecular weight excluding hydrogens is 382 g/mol. The van der Waals surface area contributed by atoms with Gasteiger partial charge in [0.15, 0.2) is 0 Å². The molecule has 3 unspecified atom stereocenters. The Morgan fingerprint density at radius 2 is 2.11 bits per heavy atom. The number of aliphatic hydroxyl groups excluding tert-OH is 1. The number of methoxy groups -OCH3 is 1. The fraction of sp³-hybridized carbons (Fsp3) is 0.600. The van der Waals surface area contributed by atoms with Crippen molar-refractivity contribution in [3.63, 3.8) is 0 Å². The molecule has 0 aliphatic carbocycles. The molecule has 1 fully saturated rings. The zero-order valence-corrected chi connectivity index (χ0v) is 15.3. The van der Waals surface area contributed by atoms with Crippen LogP contribution in [0.15, 0.2) is 11.3 Å². The molecule has 3 atom stereocenters. The Kier molecular flexibility index (Phi) is 6.46. The van der Waals surface area contributed by atoms with Crippen LogP contribution in [0.4, 0.5) is 0 Å². The number of amides is 2. The molecule has 150 valence electrons. The van der Waals surface area contributed by atoms with E-state index >= 15 is 0 Å². The van der Waals surface area contributed by atoms with Gasteiger partial charge in [-0.2, -0.15) is 0 Å². The lowest BCUT2D eigenvalue weighted by atomic mass is 9.97. The van der Waals surface area contributed by atoms with E-state index in [0.29, 0.717) is 0 Å². The summed E-state index contributed by atoms with van der Waals surface area (Å²) in [6.07, 6.45) is 0.219. The van der Waals surface area contributed by atoms with E-state index in [4.69, 9.17) is 15.6 Å². The van der Waals surface area contributed by atoms with Gasteiger partial charge in [0.1, 0.15) is 17.1 Å². The molecule has 2 aliphatic heterocycles. The Morgan fingerprint density at radius 3 is 2.63 bits per heavy atom. The van der Waals surface area contributed by atoms with Crippen LogP contribution in [0, 0.1) is 0 Å². The molecule has 27 heavy (non-hydrogen) atoms. The summed E-state index contributed by atoms with van der Waals surface area (Å²) in [6.45, 7) is -0.499. The number of nitrogens with two attached hydrogens (primary N) is 1. The van der Waals surface area contributed by atoms with E-state index in [-0.39, 0.29) is 36.3 Å². The van der Waals surface area contributed by atoms with Crippen LogP contribution in [0.3, 0.4) is 0 Å². The number of ether oxygens (including phenoxy) is 1. The highest BCUT2D eigenvalue weighted by Gasteiger charge is 2.66. The minimum atomic E-state index is -1.71. The fourth-order valence-electron chi connectivity index (χ4n) is 2.94. The number of thioether (sulfide) groups is 1. The van der Waals surface area contributed by atoms with Crippen molar-refractivity contribution in [1.29, 1.82) is 0 Å². The highest BCUT2D eigenvalue weighted by Crippen LogP contribution is 2.46. The highest BCUT2D eigenvalue weighted by molar-refractivity contribution is 8.00. The van der Waals surface area contributed by atoms with E-state index in [1.54, 1.807) is 0 Å². The minimum absolute atomic E-state index is 0.0692. The maximum absolute atomic E-state index is 12.6. The van der Waals surface area contributed by atoms with E-state index in [1.165, 1.54) is 7.11 Å². The maximum Gasteiger partial charge on any atom is 0.352 e. The summed E-state index contributed by atoms with van der Waals surface area (Å²) < 4.78 is 5.25. The highest BCUT2D eigenvalue weighted by atomic mass is 32.2. The van der Waals surface area contributed by atoms with Crippen molar-refractivity contribution in [1.82, 2.24) is 10.2 Å². The average Bonchev–Trinajstić information content (AvgIpc) is 2.63. The number of hydrogen-bond acceptors (Lipinski definition) is 8. The SMILES string of the molecule is COC1(NC(=O)CCCC(N)C(=O)O)C(=O)N2C(C(=O)O)=C(CO)CSC21. The maximum atomic E-state index is 12.6. The Morgan fingerprint density at radius 1 is 1.44 bits per heavy atom. The van der Waals surface area contributed by atoms with Gasteiger partial charge in [0.25, 0.3) is 11.6 Å². The molecule has 1 saturated heterocycles. The Bertz CT molecular complexity index is 697. The number of carboxylic acid groups (broad SMARTS) is 2. The normalized spacial score (nSPS) is 25.5. The molecule has 2 amide bonds. The van der Waals surface area contributed by atoms with Crippen LogP contribution >= 0.6 is 11.8 Å². The second kappa shape index (κ2) is 8.25. The lowest BCUT2D eigenvalue weighted by Gasteiger charge is -2.55. The molecular formula is C15H21N3O8S. The molecule has 2 aliphatic rings. The second-order valence-corrected chi connectivity index (χ2v) is 7.15. The average molecular weight is 403 g/mol. The topological polar surface area (TPSA) is 179 Å². The van der Waals surface area contributed by atoms with Crippen molar-refractivity contribution in [3.05, 3.63) is 11.3 Å². The molecule has 0 saturated carbocycles. The lowest BCUT2D eigenvalue weighted by Crippen LogP contribution is -2.80. The van der Waals surface area contributed by atoms with Gasteiger partial charge >= 0.3 is 11.9 Å². The summed E-state index contributed by atoms with van der Waals surface area (Å²) >= 11 is 1.16. The summed E-state index contributed by atoms with van der Waals surface area (Å²) in [6, 6.07) is -1.08. The number of nitrogens with zero attached hydrogens (tertiary/aromatic N) is 1. The monoisotopic (exact) mass is 403 g/mol. The zero-order valence-electron chi connectivity index (χ0n) is 14.5. The fourth-order valence-corrected chi connectivity index (χ4v) is 4.37. The van der Waals surface area contributed by atoms with E-state index in [0.717, 1.165) is 16.7 Å². The van der Waals surface area contributed by atoms with Gasteiger partial charge in [0.2, 0.25) is 5.91 Å². The van der Waals surface area contributed by atoms with Gasteiger partial charge in [0, 0.05) is 19.3 Å².